The largest absolute Gasteiger partial charge is 0.381 e. The fourth-order valence-electron chi connectivity index (χ4n) is 3.69. The van der Waals surface area contributed by atoms with E-state index >= 15 is 0 Å². The summed E-state index contributed by atoms with van der Waals surface area (Å²) in [7, 11) is 0. The van der Waals surface area contributed by atoms with E-state index in [9.17, 15) is 13.9 Å². The van der Waals surface area contributed by atoms with Gasteiger partial charge in [0.2, 0.25) is 0 Å². The summed E-state index contributed by atoms with van der Waals surface area (Å²) in [5, 5.41) is 20.4. The minimum absolute atomic E-state index is 0.0486. The Balaban J connectivity index is 1.81. The van der Waals surface area contributed by atoms with E-state index in [1.54, 1.807) is 11.6 Å². The van der Waals surface area contributed by atoms with E-state index in [1.807, 2.05) is 37.4 Å². The number of aromatic nitrogens is 5. The van der Waals surface area contributed by atoms with Crippen LogP contribution in [0.4, 0.5) is 8.78 Å². The van der Waals surface area contributed by atoms with E-state index < -0.39 is 23.3 Å². The average Bonchev–Trinajstić information content (AvgIpc) is 3.37. The molecule has 2 aromatic heterocycles. The van der Waals surface area contributed by atoms with Gasteiger partial charge in [0.05, 0.1) is 18.3 Å². The Kier molecular flexibility index (Phi) is 5.72. The molecule has 4 aromatic rings. The van der Waals surface area contributed by atoms with Crippen LogP contribution in [0, 0.1) is 18.6 Å². The van der Waals surface area contributed by atoms with Gasteiger partial charge in [-0.1, -0.05) is 40.2 Å². The van der Waals surface area contributed by atoms with Gasteiger partial charge in [0, 0.05) is 27.9 Å². The third kappa shape index (κ3) is 4.03. The van der Waals surface area contributed by atoms with Crippen LogP contribution in [0.15, 0.2) is 65.8 Å². The maximum atomic E-state index is 14.8. The Morgan fingerprint density at radius 2 is 1.94 bits per heavy atom. The van der Waals surface area contributed by atoms with Crippen LogP contribution in [-0.2, 0) is 12.1 Å². The normalized spacial score (nSPS) is 14.4. The van der Waals surface area contributed by atoms with E-state index in [2.05, 4.69) is 31.1 Å². The average molecular weight is 488 g/mol. The Labute approximate surface area is 186 Å². The monoisotopic (exact) mass is 487 g/mol. The molecular weight excluding hydrogens is 468 g/mol. The van der Waals surface area contributed by atoms with Gasteiger partial charge in [0.15, 0.2) is 0 Å². The summed E-state index contributed by atoms with van der Waals surface area (Å²) >= 11 is 3.56. The zero-order chi connectivity index (χ0) is 22.2. The van der Waals surface area contributed by atoms with Crippen LogP contribution in [0.1, 0.15) is 24.2 Å². The number of benzene rings is 2. The third-order valence-electron chi connectivity index (χ3n) is 5.44. The van der Waals surface area contributed by atoms with Crippen molar-refractivity contribution in [1.82, 2.24) is 24.5 Å². The van der Waals surface area contributed by atoms with Gasteiger partial charge < -0.3 is 5.11 Å². The topological polar surface area (TPSA) is 68.8 Å². The minimum Gasteiger partial charge on any atom is -0.381 e. The molecule has 31 heavy (non-hydrogen) atoms. The lowest BCUT2D eigenvalue weighted by Gasteiger charge is -2.34. The van der Waals surface area contributed by atoms with Crippen molar-refractivity contribution in [1.29, 1.82) is 0 Å². The van der Waals surface area contributed by atoms with Crippen LogP contribution in [-0.4, -0.2) is 29.7 Å². The molecule has 0 aliphatic carbocycles. The summed E-state index contributed by atoms with van der Waals surface area (Å²) < 4.78 is 32.2. The second-order valence-corrected chi connectivity index (χ2v) is 8.26. The predicted molar refractivity (Wildman–Crippen MR) is 115 cm³/mol. The van der Waals surface area contributed by atoms with Gasteiger partial charge in [-0.05, 0) is 31.5 Å². The second-order valence-electron chi connectivity index (χ2n) is 7.41. The smallest absolute Gasteiger partial charge is 0.137 e. The zero-order valence-electron chi connectivity index (χ0n) is 16.9. The van der Waals surface area contributed by atoms with Gasteiger partial charge in [-0.25, -0.2) is 18.4 Å². The summed E-state index contributed by atoms with van der Waals surface area (Å²) in [6.07, 6.45) is 4.57. The molecule has 2 heterocycles. The summed E-state index contributed by atoms with van der Waals surface area (Å²) in [5.41, 5.74) is 0.747. The minimum atomic E-state index is -1.78. The molecule has 0 fully saturated rings. The first kappa shape index (κ1) is 21.3. The van der Waals surface area contributed by atoms with Gasteiger partial charge in [-0.2, -0.15) is 10.2 Å². The molecule has 160 valence electrons. The molecule has 4 rings (SSSR count). The molecule has 2 atom stereocenters. The molecule has 0 radical (unpaired) electrons. The molecule has 6 nitrogen and oxygen atoms in total. The van der Waals surface area contributed by atoms with Crippen molar-refractivity contribution in [2.75, 3.05) is 0 Å². The molecule has 0 aliphatic heterocycles. The number of hydrogen-bond donors (Lipinski definition) is 1. The lowest BCUT2D eigenvalue weighted by molar-refractivity contribution is -0.0369. The molecule has 0 saturated heterocycles. The van der Waals surface area contributed by atoms with Gasteiger partial charge in [-0.3, -0.25) is 4.68 Å². The fraction of sp³-hybridized carbons (Fsp3) is 0.227. The quantitative estimate of drug-likeness (QED) is 0.430. The van der Waals surface area contributed by atoms with Crippen molar-refractivity contribution < 1.29 is 13.9 Å². The number of hydrogen-bond acceptors (Lipinski definition) is 4. The Hall–Kier alpha value is -2.91. The van der Waals surface area contributed by atoms with Crippen LogP contribution in [0.5, 0.6) is 0 Å². The maximum Gasteiger partial charge on any atom is 0.137 e. The molecule has 0 unspecified atom stereocenters. The standard InChI is InChI=1S/C22H20BrF2N5O/c1-14-18(17-5-3-4-6-20(17)23)10-30(28-14)15(2)22(31,11-29-13-26-12-27-29)19-8-7-16(24)9-21(19)25/h3-10,12-13,15,31H,11H2,1-2H3/t15-,22-/m1/s1. The zero-order valence-corrected chi connectivity index (χ0v) is 18.5. The fourth-order valence-corrected chi connectivity index (χ4v) is 4.19. The van der Waals surface area contributed by atoms with Gasteiger partial charge in [-0.15, -0.1) is 0 Å². The molecule has 0 saturated carbocycles. The maximum absolute atomic E-state index is 14.8. The van der Waals surface area contributed by atoms with E-state index in [0.717, 1.165) is 33.4 Å². The van der Waals surface area contributed by atoms with Crippen LogP contribution in [0.3, 0.4) is 0 Å². The molecule has 9 heteroatoms. The van der Waals surface area contributed by atoms with E-state index in [-0.39, 0.29) is 12.1 Å². The van der Waals surface area contributed by atoms with Crippen molar-refractivity contribution in [2.45, 2.75) is 32.0 Å². The molecule has 1 N–H and O–H groups in total. The highest BCUT2D eigenvalue weighted by atomic mass is 79.9. The van der Waals surface area contributed by atoms with Gasteiger partial charge in [0.1, 0.15) is 29.9 Å². The highest BCUT2D eigenvalue weighted by Crippen LogP contribution is 2.38. The first-order chi connectivity index (χ1) is 14.8. The first-order valence-electron chi connectivity index (χ1n) is 9.60. The number of aliphatic hydroxyl groups is 1. The number of rotatable bonds is 6. The lowest BCUT2D eigenvalue weighted by Crippen LogP contribution is -2.40. The summed E-state index contributed by atoms with van der Waals surface area (Å²) in [6, 6.07) is 10.2. The number of halogens is 3. The van der Waals surface area contributed by atoms with Crippen LogP contribution in [0.2, 0.25) is 0 Å². The summed E-state index contributed by atoms with van der Waals surface area (Å²) in [5.74, 6) is -1.56. The van der Waals surface area contributed by atoms with Crippen LogP contribution < -0.4 is 0 Å². The van der Waals surface area contributed by atoms with Gasteiger partial charge >= 0.3 is 0 Å². The molecule has 2 aromatic carbocycles. The Bertz CT molecular complexity index is 1210. The molecule has 0 spiro atoms. The molecule has 0 aliphatic rings. The lowest BCUT2D eigenvalue weighted by atomic mass is 9.86. The molecular formula is C22H20BrF2N5O. The van der Waals surface area contributed by atoms with Crippen LogP contribution in [0.25, 0.3) is 11.1 Å². The first-order valence-corrected chi connectivity index (χ1v) is 10.4. The van der Waals surface area contributed by atoms with Crippen molar-refractivity contribution >= 4 is 15.9 Å². The number of nitrogens with zero attached hydrogens (tertiary/aromatic N) is 5. The Morgan fingerprint density at radius 1 is 1.16 bits per heavy atom. The SMILES string of the molecule is Cc1nn([C@H](C)[C@](O)(Cn2cncn2)c2ccc(F)cc2F)cc1-c1ccccc1Br. The van der Waals surface area contributed by atoms with E-state index in [1.165, 1.54) is 23.4 Å². The van der Waals surface area contributed by atoms with Crippen molar-refractivity contribution in [3.05, 3.63) is 88.7 Å². The van der Waals surface area contributed by atoms with Gasteiger partial charge in [0.25, 0.3) is 0 Å². The third-order valence-corrected chi connectivity index (χ3v) is 6.13. The predicted octanol–water partition coefficient (Wildman–Crippen LogP) is 4.64. The van der Waals surface area contributed by atoms with E-state index in [4.69, 9.17) is 0 Å². The van der Waals surface area contributed by atoms with Crippen molar-refractivity contribution in [3.8, 4) is 11.1 Å². The summed E-state index contributed by atoms with van der Waals surface area (Å²) in [4.78, 5) is 3.90. The highest BCUT2D eigenvalue weighted by molar-refractivity contribution is 9.10. The highest BCUT2D eigenvalue weighted by Gasteiger charge is 2.41. The van der Waals surface area contributed by atoms with Crippen LogP contribution >= 0.6 is 15.9 Å². The van der Waals surface area contributed by atoms with E-state index in [0.29, 0.717) is 0 Å². The molecule has 0 bridgehead atoms. The molecule has 0 amide bonds. The number of aryl methyl sites for hydroxylation is 1. The van der Waals surface area contributed by atoms with Crippen molar-refractivity contribution in [3.63, 3.8) is 0 Å². The van der Waals surface area contributed by atoms with Crippen molar-refractivity contribution in [2.24, 2.45) is 0 Å². The second kappa shape index (κ2) is 8.32. The Morgan fingerprint density at radius 3 is 2.61 bits per heavy atom. The summed E-state index contributed by atoms with van der Waals surface area (Å²) in [6.45, 7) is 3.50.